The van der Waals surface area contributed by atoms with Gasteiger partial charge in [0.25, 0.3) is 0 Å². The predicted octanol–water partition coefficient (Wildman–Crippen LogP) is 19.4. The van der Waals surface area contributed by atoms with E-state index in [1.807, 2.05) is 78.8 Å². The first kappa shape index (κ1) is 65.0. The minimum atomic E-state index is -0.857. The molecule has 0 fully saturated rings. The number of halogens is 1. The van der Waals surface area contributed by atoms with Crippen molar-refractivity contribution < 1.29 is 19.2 Å². The van der Waals surface area contributed by atoms with Crippen LogP contribution in [0.4, 0.5) is 0 Å². The van der Waals surface area contributed by atoms with Gasteiger partial charge in [0.05, 0.1) is 5.41 Å². The molecule has 6 aromatic carbocycles. The minimum Gasteiger partial charge on any atom is -0.299 e. The molecule has 73 heavy (non-hydrogen) atoms. The maximum atomic E-state index is 11.7. The number of fused-ring (bicyclic) bond motifs is 1. The Balaban J connectivity index is 0.000000432. The molecule has 1 aliphatic carbocycles. The van der Waals surface area contributed by atoms with Gasteiger partial charge in [0, 0.05) is 38.8 Å². The van der Waals surface area contributed by atoms with Gasteiger partial charge in [0.15, 0.2) is 11.6 Å². The van der Waals surface area contributed by atoms with E-state index in [4.69, 9.17) is 11.6 Å². The maximum Gasteiger partial charge on any atom is 0.176 e. The Morgan fingerprint density at radius 2 is 0.877 bits per heavy atom. The van der Waals surface area contributed by atoms with Crippen LogP contribution in [0.3, 0.4) is 0 Å². The van der Waals surface area contributed by atoms with Gasteiger partial charge in [-0.2, -0.15) is 0 Å². The lowest BCUT2D eigenvalue weighted by atomic mass is 9.78. The molecule has 7 rings (SSSR count). The van der Waals surface area contributed by atoms with E-state index in [1.54, 1.807) is 45.0 Å². The van der Waals surface area contributed by atoms with Crippen LogP contribution < -0.4 is 0 Å². The number of rotatable bonds is 7. The molecule has 0 heterocycles. The molecule has 0 N–H and O–H groups in total. The molecule has 0 aromatic heterocycles. The Morgan fingerprint density at radius 3 is 1.16 bits per heavy atom. The number of hydrogen-bond acceptors (Lipinski definition) is 4. The van der Waals surface area contributed by atoms with E-state index in [-0.39, 0.29) is 33.6 Å². The van der Waals surface area contributed by atoms with Crippen LogP contribution in [0.1, 0.15) is 191 Å². The average molecular weight is 1010 g/mol. The second-order valence-electron chi connectivity index (χ2n) is 22.3. The molecule has 392 valence electrons. The zero-order chi connectivity index (χ0) is 55.6. The number of carbonyl (C=O) groups is 4. The molecule has 0 aliphatic heterocycles. The minimum absolute atomic E-state index is 0.0619. The van der Waals surface area contributed by atoms with Crippen LogP contribution >= 0.6 is 11.6 Å². The van der Waals surface area contributed by atoms with Gasteiger partial charge in [-0.3, -0.25) is 19.2 Å². The van der Waals surface area contributed by atoms with Gasteiger partial charge >= 0.3 is 0 Å². The van der Waals surface area contributed by atoms with Gasteiger partial charge in [-0.15, -0.1) is 0 Å². The highest BCUT2D eigenvalue weighted by Gasteiger charge is 2.45. The third kappa shape index (κ3) is 24.1. The van der Waals surface area contributed by atoms with E-state index in [1.165, 1.54) is 27.8 Å². The van der Waals surface area contributed by atoms with Crippen molar-refractivity contribution in [2.75, 3.05) is 0 Å². The first-order valence-electron chi connectivity index (χ1n) is 25.9. The van der Waals surface area contributed by atoms with Crippen molar-refractivity contribution in [1.82, 2.24) is 0 Å². The van der Waals surface area contributed by atoms with Crippen LogP contribution in [-0.4, -0.2) is 23.1 Å². The van der Waals surface area contributed by atoms with Gasteiger partial charge in [0.2, 0.25) is 0 Å². The SMILES string of the molecule is CC(=O)C(C)(C)C.CC(C)(c1ccccc1)c1ccccc1.CC(C)/C=C/c1ccccc1.CC(C)c1cccc(Cl)c1.CC(C)c1ccccc1.CC1(C)C(=O)c2ccccc2C1=O.CCC(=O)C(C)(C)C. The highest BCUT2D eigenvalue weighted by molar-refractivity contribution is 6.30. The van der Waals surface area contributed by atoms with Crippen LogP contribution in [0.5, 0.6) is 0 Å². The summed E-state index contributed by atoms with van der Waals surface area (Å²) in [6, 6.07) is 57.1. The summed E-state index contributed by atoms with van der Waals surface area (Å²) >= 11 is 5.79. The monoisotopic (exact) mass is 1000 g/mol. The third-order valence-corrected chi connectivity index (χ3v) is 12.4. The molecule has 0 radical (unpaired) electrons. The number of carbonyl (C=O) groups excluding carboxylic acids is 4. The normalized spacial score (nSPS) is 12.4. The van der Waals surface area contributed by atoms with Gasteiger partial charge in [0.1, 0.15) is 11.6 Å². The molecule has 0 amide bonds. The molecule has 6 aromatic rings. The molecule has 4 nitrogen and oxygen atoms in total. The fraction of sp³-hybridized carbons (Fsp3) is 0.382. The van der Waals surface area contributed by atoms with Crippen molar-refractivity contribution in [1.29, 1.82) is 0 Å². The highest BCUT2D eigenvalue weighted by Crippen LogP contribution is 2.36. The van der Waals surface area contributed by atoms with Crippen molar-refractivity contribution in [2.24, 2.45) is 22.2 Å². The van der Waals surface area contributed by atoms with Crippen LogP contribution in [0.25, 0.3) is 6.08 Å². The lowest BCUT2D eigenvalue weighted by Crippen LogP contribution is -2.25. The zero-order valence-corrected chi connectivity index (χ0v) is 48.5. The first-order valence-corrected chi connectivity index (χ1v) is 26.2. The summed E-state index contributed by atoms with van der Waals surface area (Å²) in [5, 5.41) is 0.825. The predicted molar refractivity (Wildman–Crippen MR) is 315 cm³/mol. The molecular formula is C68H89ClO4. The topological polar surface area (TPSA) is 68.3 Å². The van der Waals surface area contributed by atoms with E-state index in [0.717, 1.165) is 5.02 Å². The quantitative estimate of drug-likeness (QED) is 0.149. The Bertz CT molecular complexity index is 2480. The maximum absolute atomic E-state index is 11.7. The largest absolute Gasteiger partial charge is 0.299 e. The number of hydrogen-bond donors (Lipinski definition) is 0. The van der Waals surface area contributed by atoms with Crippen LogP contribution in [0, 0.1) is 22.2 Å². The van der Waals surface area contributed by atoms with Crippen molar-refractivity contribution in [2.45, 2.75) is 148 Å². The molecule has 0 saturated carbocycles. The van der Waals surface area contributed by atoms with Crippen LogP contribution in [0.2, 0.25) is 5.02 Å². The summed E-state index contributed by atoms with van der Waals surface area (Å²) in [6.45, 7) is 36.0. The van der Waals surface area contributed by atoms with Crippen molar-refractivity contribution in [3.8, 4) is 0 Å². The average Bonchev–Trinajstić information content (AvgIpc) is 3.53. The molecule has 0 bridgehead atoms. The van der Waals surface area contributed by atoms with Crippen molar-refractivity contribution in [3.05, 3.63) is 220 Å². The molecule has 0 atom stereocenters. The number of Topliss-reactive ketones (excluding diaryl/α,β-unsaturated/α-hetero) is 4. The molecular weight excluding hydrogens is 916 g/mol. The number of allylic oxidation sites excluding steroid dienone is 1. The van der Waals surface area contributed by atoms with Gasteiger partial charge in [-0.05, 0) is 78.5 Å². The number of benzene rings is 6. The second kappa shape index (κ2) is 31.6. The molecule has 0 unspecified atom stereocenters. The first-order chi connectivity index (χ1) is 34.0. The molecule has 1 aliphatic rings. The summed E-state index contributed by atoms with van der Waals surface area (Å²) < 4.78 is 0. The summed E-state index contributed by atoms with van der Waals surface area (Å²) in [7, 11) is 0. The van der Waals surface area contributed by atoms with E-state index >= 15 is 0 Å². The van der Waals surface area contributed by atoms with E-state index in [9.17, 15) is 19.2 Å². The third-order valence-electron chi connectivity index (χ3n) is 12.2. The standard InChI is InChI=1S/C15H16.C11H10O2.C11H14.C9H11Cl.C9H12.C7H14O.C6H12O/c1-15(2,13-9-5-3-6-10-13)14-11-7-4-8-12-14;1-11(2)9(12)7-5-3-4-6-8(7)10(11)13;1-10(2)8-9-11-6-4-3-5-7-11;1-7(2)8-4-3-5-9(10)6-8;1-8(2)9-6-4-3-5-7-9;1-5-6(8)7(2,3)4;1-5(7)6(2,3)4/h3-12H,1-2H3;3-6H,1-2H3;3-10H,1-2H3;3-7H,1-2H3;3-8H,1-2H3;5H2,1-4H3;1-4H3/b;;9-8+;;;;. The Morgan fingerprint density at radius 1 is 0.521 bits per heavy atom. The Hall–Kier alpha value is -5.97. The Labute approximate surface area is 448 Å². The summed E-state index contributed by atoms with van der Waals surface area (Å²) in [5.74, 6) is 2.31. The molecule has 5 heteroatoms. The summed E-state index contributed by atoms with van der Waals surface area (Å²) in [5.41, 5.74) is 6.80. The summed E-state index contributed by atoms with van der Waals surface area (Å²) in [4.78, 5) is 44.7. The van der Waals surface area contributed by atoms with Gasteiger partial charge in [-0.1, -0.05) is 285 Å². The van der Waals surface area contributed by atoms with E-state index < -0.39 is 5.41 Å². The fourth-order valence-corrected chi connectivity index (χ4v) is 6.83. The lowest BCUT2D eigenvalue weighted by molar-refractivity contribution is -0.126. The van der Waals surface area contributed by atoms with E-state index in [0.29, 0.717) is 41.1 Å². The van der Waals surface area contributed by atoms with Crippen molar-refractivity contribution >= 4 is 40.8 Å². The fourth-order valence-electron chi connectivity index (χ4n) is 6.63. The molecule has 0 saturated heterocycles. The number of ketones is 4. The summed E-state index contributed by atoms with van der Waals surface area (Å²) in [6.07, 6.45) is 5.02. The lowest BCUT2D eigenvalue weighted by Gasteiger charge is -2.25. The van der Waals surface area contributed by atoms with Crippen LogP contribution in [-0.2, 0) is 15.0 Å². The Kier molecular flexibility index (Phi) is 28.1. The highest BCUT2D eigenvalue weighted by atomic mass is 35.5. The van der Waals surface area contributed by atoms with Crippen LogP contribution in [0.15, 0.2) is 176 Å². The molecule has 0 spiro atoms. The van der Waals surface area contributed by atoms with Gasteiger partial charge < -0.3 is 0 Å². The second-order valence-corrected chi connectivity index (χ2v) is 22.7. The van der Waals surface area contributed by atoms with E-state index in [2.05, 4.69) is 183 Å². The zero-order valence-electron chi connectivity index (χ0n) is 47.8. The van der Waals surface area contributed by atoms with Crippen molar-refractivity contribution in [3.63, 3.8) is 0 Å². The van der Waals surface area contributed by atoms with Gasteiger partial charge in [-0.25, -0.2) is 0 Å². The smallest absolute Gasteiger partial charge is 0.176 e.